The molecule has 7 heteroatoms. The van der Waals surface area contributed by atoms with Gasteiger partial charge < -0.3 is 24.1 Å². The average Bonchev–Trinajstić information content (AvgIpc) is 3.15. The zero-order valence-electron chi connectivity index (χ0n) is 15.2. The maximum atomic E-state index is 11.8. The van der Waals surface area contributed by atoms with Crippen LogP contribution in [0, 0.1) is 0 Å². The normalized spacial score (nSPS) is 16.2. The molecule has 2 rings (SSSR count). The quantitative estimate of drug-likeness (QED) is 0.560. The lowest BCUT2D eigenvalue weighted by Gasteiger charge is -2.17. The van der Waals surface area contributed by atoms with Crippen LogP contribution in [0.5, 0.6) is 11.5 Å². The van der Waals surface area contributed by atoms with Crippen molar-refractivity contribution in [2.75, 3.05) is 21.3 Å². The molecular formula is C19H24O7. The Morgan fingerprint density at radius 3 is 2.38 bits per heavy atom. The largest absolute Gasteiger partial charge is 0.493 e. The summed E-state index contributed by atoms with van der Waals surface area (Å²) >= 11 is 0. The molecule has 1 aromatic carbocycles. The van der Waals surface area contributed by atoms with Gasteiger partial charge in [-0.2, -0.15) is 0 Å². The maximum absolute atomic E-state index is 11.8. The number of carbonyl (C=O) groups is 2. The second kappa shape index (κ2) is 9.24. The number of carbonyl (C=O) groups excluding carboxylic acids is 1. The summed E-state index contributed by atoms with van der Waals surface area (Å²) in [5.41, 5.74) is 0.315. The van der Waals surface area contributed by atoms with Crippen LogP contribution in [0.3, 0.4) is 0 Å². The van der Waals surface area contributed by atoms with Crippen LogP contribution in [0.25, 0.3) is 6.08 Å². The van der Waals surface area contributed by atoms with Crippen LogP contribution >= 0.6 is 0 Å². The van der Waals surface area contributed by atoms with E-state index in [2.05, 4.69) is 4.74 Å². The van der Waals surface area contributed by atoms with E-state index in [1.807, 2.05) is 0 Å². The van der Waals surface area contributed by atoms with Crippen molar-refractivity contribution in [3.63, 3.8) is 0 Å². The zero-order valence-corrected chi connectivity index (χ0v) is 15.2. The van der Waals surface area contributed by atoms with Crippen LogP contribution in [-0.4, -0.2) is 50.6 Å². The Hall–Kier alpha value is -2.54. The summed E-state index contributed by atoms with van der Waals surface area (Å²) in [5.74, 6) is -0.936. The van der Waals surface area contributed by atoms with Gasteiger partial charge in [-0.05, 0) is 49.5 Å². The minimum atomic E-state index is -1.32. The number of ether oxygens (including phenoxy) is 4. The highest BCUT2D eigenvalue weighted by Gasteiger charge is 2.28. The minimum Gasteiger partial charge on any atom is -0.493 e. The molecule has 142 valence electrons. The number of hydrogen-bond donors (Lipinski definition) is 1. The average molecular weight is 364 g/mol. The Bertz CT molecular complexity index is 674. The number of carboxylic acid groups (broad SMARTS) is 1. The summed E-state index contributed by atoms with van der Waals surface area (Å²) in [6.45, 7) is 0. The number of carboxylic acids is 1. The highest BCUT2D eigenvalue weighted by Crippen LogP contribution is 2.33. The lowest BCUT2D eigenvalue weighted by Crippen LogP contribution is -2.30. The van der Waals surface area contributed by atoms with Crippen molar-refractivity contribution in [2.24, 2.45) is 0 Å². The number of hydrogen-bond acceptors (Lipinski definition) is 6. The van der Waals surface area contributed by atoms with E-state index in [-0.39, 0.29) is 11.7 Å². The van der Waals surface area contributed by atoms with Crippen molar-refractivity contribution >= 4 is 18.0 Å². The van der Waals surface area contributed by atoms with Crippen LogP contribution in [-0.2, 0) is 19.1 Å². The molecule has 1 N–H and O–H groups in total. The van der Waals surface area contributed by atoms with Gasteiger partial charge in [0.05, 0.1) is 25.9 Å². The van der Waals surface area contributed by atoms with Crippen molar-refractivity contribution < 1.29 is 33.6 Å². The lowest BCUT2D eigenvalue weighted by molar-refractivity contribution is -0.152. The highest BCUT2D eigenvalue weighted by molar-refractivity contribution is 6.00. The molecule has 0 bridgehead atoms. The zero-order chi connectivity index (χ0) is 19.1. The molecule has 1 aromatic rings. The minimum absolute atomic E-state index is 0.178. The summed E-state index contributed by atoms with van der Waals surface area (Å²) < 4.78 is 20.9. The fraction of sp³-hybridized carbons (Fsp3) is 0.474. The number of esters is 1. The molecule has 0 radical (unpaired) electrons. The number of aliphatic carboxylic acids is 1. The molecule has 0 aliphatic heterocycles. The molecular weight excluding hydrogens is 340 g/mol. The first-order valence-electron chi connectivity index (χ1n) is 8.40. The Kier molecular flexibility index (Phi) is 7.03. The lowest BCUT2D eigenvalue weighted by atomic mass is 10.1. The topological polar surface area (TPSA) is 91.3 Å². The van der Waals surface area contributed by atoms with Crippen LogP contribution in [0.1, 0.15) is 31.2 Å². The van der Waals surface area contributed by atoms with Crippen molar-refractivity contribution in [1.82, 2.24) is 0 Å². The van der Waals surface area contributed by atoms with Crippen LogP contribution in [0.2, 0.25) is 0 Å². The summed E-state index contributed by atoms with van der Waals surface area (Å²) in [6, 6.07) is 5.11. The molecule has 7 nitrogen and oxygen atoms in total. The van der Waals surface area contributed by atoms with Gasteiger partial charge in [0.25, 0.3) is 0 Å². The SMILES string of the molecule is COC(=O)C(OC)/C(=C\c1ccc(OC2CCCC2)c(OC)c1)C(=O)O. The van der Waals surface area contributed by atoms with Crippen molar-refractivity contribution in [3.8, 4) is 11.5 Å². The summed E-state index contributed by atoms with van der Waals surface area (Å²) in [6.07, 6.45) is 4.55. The first-order valence-corrected chi connectivity index (χ1v) is 8.40. The van der Waals surface area contributed by atoms with Gasteiger partial charge in [0.1, 0.15) is 0 Å². The van der Waals surface area contributed by atoms with Crippen LogP contribution in [0.15, 0.2) is 23.8 Å². The predicted octanol–water partition coefficient (Wildman–Crippen LogP) is 2.67. The van der Waals surface area contributed by atoms with Gasteiger partial charge in [-0.3, -0.25) is 0 Å². The third kappa shape index (κ3) is 4.76. The standard InChI is InChI=1S/C19H24O7/c1-23-16-11-12(8-9-15(16)26-13-6-4-5-7-13)10-14(18(20)21)17(24-2)19(22)25-3/h8-11,13,17H,4-7H2,1-3H3,(H,20,21)/b14-10+. The Morgan fingerprint density at radius 1 is 1.15 bits per heavy atom. The van der Waals surface area contributed by atoms with Gasteiger partial charge in [0.15, 0.2) is 17.6 Å². The van der Waals surface area contributed by atoms with Crippen molar-refractivity contribution in [1.29, 1.82) is 0 Å². The van der Waals surface area contributed by atoms with Crippen molar-refractivity contribution in [2.45, 2.75) is 37.9 Å². The van der Waals surface area contributed by atoms with E-state index in [9.17, 15) is 14.7 Å². The molecule has 1 unspecified atom stereocenters. The number of benzene rings is 1. The highest BCUT2D eigenvalue weighted by atomic mass is 16.6. The van der Waals surface area contributed by atoms with Gasteiger partial charge in [0.2, 0.25) is 0 Å². The van der Waals surface area contributed by atoms with Crippen LogP contribution < -0.4 is 9.47 Å². The van der Waals surface area contributed by atoms with E-state index in [1.165, 1.54) is 27.4 Å². The van der Waals surface area contributed by atoms with Gasteiger partial charge in [-0.1, -0.05) is 6.07 Å². The molecule has 1 aliphatic carbocycles. The molecule has 1 atom stereocenters. The maximum Gasteiger partial charge on any atom is 0.339 e. The molecule has 0 amide bonds. The second-order valence-electron chi connectivity index (χ2n) is 5.98. The van der Waals surface area contributed by atoms with Gasteiger partial charge >= 0.3 is 11.9 Å². The molecule has 0 heterocycles. The fourth-order valence-electron chi connectivity index (χ4n) is 2.94. The van der Waals surface area contributed by atoms with Crippen molar-refractivity contribution in [3.05, 3.63) is 29.3 Å². The monoisotopic (exact) mass is 364 g/mol. The number of methoxy groups -OCH3 is 3. The summed E-state index contributed by atoms with van der Waals surface area (Å²) in [5, 5.41) is 9.44. The second-order valence-corrected chi connectivity index (χ2v) is 5.98. The van der Waals surface area contributed by atoms with E-state index in [0.29, 0.717) is 17.1 Å². The smallest absolute Gasteiger partial charge is 0.339 e. The molecule has 1 aliphatic rings. The van der Waals surface area contributed by atoms with E-state index in [1.54, 1.807) is 18.2 Å². The first-order chi connectivity index (χ1) is 12.5. The fourth-order valence-corrected chi connectivity index (χ4v) is 2.94. The predicted molar refractivity (Wildman–Crippen MR) is 94.3 cm³/mol. The first kappa shape index (κ1) is 19.8. The summed E-state index contributed by atoms with van der Waals surface area (Å²) in [4.78, 5) is 23.3. The van der Waals surface area contributed by atoms with Gasteiger partial charge in [-0.25, -0.2) is 9.59 Å². The van der Waals surface area contributed by atoms with Gasteiger partial charge in [-0.15, -0.1) is 0 Å². The molecule has 1 saturated carbocycles. The molecule has 0 aromatic heterocycles. The molecule has 0 saturated heterocycles. The Balaban J connectivity index is 2.31. The molecule has 1 fully saturated rings. The van der Waals surface area contributed by atoms with E-state index < -0.39 is 18.0 Å². The third-order valence-corrected chi connectivity index (χ3v) is 4.29. The summed E-state index contributed by atoms with van der Waals surface area (Å²) in [7, 11) is 3.94. The Labute approximate surface area is 152 Å². The van der Waals surface area contributed by atoms with E-state index in [0.717, 1.165) is 25.7 Å². The number of rotatable bonds is 8. The van der Waals surface area contributed by atoms with Gasteiger partial charge in [0, 0.05) is 7.11 Å². The molecule has 0 spiro atoms. The van der Waals surface area contributed by atoms with E-state index >= 15 is 0 Å². The third-order valence-electron chi connectivity index (χ3n) is 4.29. The molecule has 26 heavy (non-hydrogen) atoms. The van der Waals surface area contributed by atoms with Crippen LogP contribution in [0.4, 0.5) is 0 Å². The Morgan fingerprint density at radius 2 is 1.85 bits per heavy atom. The van der Waals surface area contributed by atoms with E-state index in [4.69, 9.17) is 14.2 Å².